The van der Waals surface area contributed by atoms with Gasteiger partial charge < -0.3 is 5.11 Å². The summed E-state index contributed by atoms with van der Waals surface area (Å²) >= 11 is 0. The first kappa shape index (κ1) is 24.6. The van der Waals surface area contributed by atoms with Crippen LogP contribution in [0.4, 0.5) is 0 Å². The number of phenolic OH excluding ortho intramolecular Hbond substituents is 1. The van der Waals surface area contributed by atoms with Crippen molar-refractivity contribution in [1.29, 1.82) is 0 Å². The van der Waals surface area contributed by atoms with E-state index in [9.17, 15) is 5.11 Å². The van der Waals surface area contributed by atoms with Gasteiger partial charge in [-0.25, -0.2) is 0 Å². The second kappa shape index (κ2) is 10.9. The van der Waals surface area contributed by atoms with Crippen LogP contribution >= 0.6 is 0 Å². The zero-order valence-corrected chi connectivity index (χ0v) is 19.6. The molecular weight excluding hydrogens is 352 g/mol. The zero-order valence-electron chi connectivity index (χ0n) is 19.6. The number of allylic oxidation sites excluding steroid dienone is 2. The quantitative estimate of drug-likeness (QED) is 0.529. The van der Waals surface area contributed by atoms with Gasteiger partial charge in [-0.05, 0) is 71.6 Å². The Morgan fingerprint density at radius 2 is 1.66 bits per heavy atom. The van der Waals surface area contributed by atoms with Crippen molar-refractivity contribution in [2.75, 3.05) is 0 Å². The Kier molecular flexibility index (Phi) is 9.25. The predicted octanol–water partition coefficient (Wildman–Crippen LogP) is 7.76. The Bertz CT molecular complexity index is 870. The molecule has 0 aliphatic heterocycles. The minimum absolute atomic E-state index is 0.128. The van der Waals surface area contributed by atoms with E-state index < -0.39 is 0 Å². The molecular formula is C28H38O. The lowest BCUT2D eigenvalue weighted by molar-refractivity contribution is 0.474. The highest BCUT2D eigenvalue weighted by Gasteiger charge is 2.14. The van der Waals surface area contributed by atoms with E-state index in [0.717, 1.165) is 34.6 Å². The van der Waals surface area contributed by atoms with E-state index in [2.05, 4.69) is 77.8 Å². The van der Waals surface area contributed by atoms with E-state index in [1.807, 2.05) is 19.9 Å². The van der Waals surface area contributed by atoms with Crippen LogP contribution in [0.2, 0.25) is 0 Å². The van der Waals surface area contributed by atoms with E-state index in [4.69, 9.17) is 6.42 Å². The van der Waals surface area contributed by atoms with Crippen LogP contribution in [0, 0.1) is 18.3 Å². The van der Waals surface area contributed by atoms with Gasteiger partial charge in [-0.3, -0.25) is 0 Å². The number of aromatic hydroxyl groups is 1. The van der Waals surface area contributed by atoms with Crippen LogP contribution < -0.4 is 0 Å². The van der Waals surface area contributed by atoms with Crippen LogP contribution in [0.5, 0.6) is 5.75 Å². The molecule has 2 aromatic rings. The zero-order chi connectivity index (χ0) is 22.2. The first-order valence-electron chi connectivity index (χ1n) is 10.5. The number of hydrogen-bond acceptors (Lipinski definition) is 1. The molecule has 0 bridgehead atoms. The summed E-state index contributed by atoms with van der Waals surface area (Å²) in [6.45, 7) is 17.2. The minimum Gasteiger partial charge on any atom is -0.508 e. The van der Waals surface area contributed by atoms with Crippen LogP contribution in [0.1, 0.15) is 84.1 Å². The van der Waals surface area contributed by atoms with Crippen LogP contribution in [0.25, 0.3) is 5.57 Å². The fourth-order valence-electron chi connectivity index (χ4n) is 2.70. The summed E-state index contributed by atoms with van der Waals surface area (Å²) in [5.74, 6) is 3.83. The fourth-order valence-corrected chi connectivity index (χ4v) is 2.70. The van der Waals surface area contributed by atoms with Crippen LogP contribution in [0.15, 0.2) is 48.0 Å². The summed E-state index contributed by atoms with van der Waals surface area (Å²) in [5.41, 5.74) is 6.67. The third kappa shape index (κ3) is 8.20. The number of benzene rings is 2. The first-order chi connectivity index (χ1) is 13.5. The largest absolute Gasteiger partial charge is 0.508 e. The van der Waals surface area contributed by atoms with Crippen molar-refractivity contribution in [3.05, 3.63) is 70.3 Å². The van der Waals surface area contributed by atoms with Crippen LogP contribution in [0.3, 0.4) is 0 Å². The van der Waals surface area contributed by atoms with Gasteiger partial charge in [0.25, 0.3) is 0 Å². The Morgan fingerprint density at radius 1 is 1.03 bits per heavy atom. The summed E-state index contributed by atoms with van der Waals surface area (Å²) in [6, 6.07) is 14.4. The van der Waals surface area contributed by atoms with Crippen molar-refractivity contribution >= 4 is 5.57 Å². The first-order valence-corrected chi connectivity index (χ1v) is 10.5. The van der Waals surface area contributed by atoms with Gasteiger partial charge in [-0.1, -0.05) is 84.2 Å². The molecule has 0 saturated carbocycles. The van der Waals surface area contributed by atoms with Gasteiger partial charge in [0.05, 0.1) is 0 Å². The standard InChI is InChI=1S/C23H26O.C5H12/c1-7-16(2)17(3)20-12-19(14-22(24)15-20)11-18-9-8-10-21(13-18)23(4,5)6;1-4-5(2)3/h1,8-10,12-15,24H,11H2,2-6H3;5H,4H2,1-3H3/b17-16-;. The van der Waals surface area contributed by atoms with E-state index in [-0.39, 0.29) is 11.2 Å². The van der Waals surface area contributed by atoms with Gasteiger partial charge in [0.2, 0.25) is 0 Å². The van der Waals surface area contributed by atoms with Crippen molar-refractivity contribution < 1.29 is 5.11 Å². The third-order valence-electron chi connectivity index (χ3n) is 5.21. The van der Waals surface area contributed by atoms with Gasteiger partial charge >= 0.3 is 0 Å². The highest BCUT2D eigenvalue weighted by molar-refractivity contribution is 5.71. The van der Waals surface area contributed by atoms with Gasteiger partial charge in [-0.15, -0.1) is 6.42 Å². The van der Waals surface area contributed by atoms with E-state index in [0.29, 0.717) is 0 Å². The maximum Gasteiger partial charge on any atom is 0.116 e. The highest BCUT2D eigenvalue weighted by Crippen LogP contribution is 2.27. The SMILES string of the molecule is C#C/C(C)=C(/C)c1cc(O)cc(Cc2cccc(C(C)(C)C)c2)c1.CCC(C)C. The molecule has 0 atom stereocenters. The Morgan fingerprint density at radius 3 is 2.17 bits per heavy atom. The van der Waals surface area contributed by atoms with Crippen molar-refractivity contribution in [3.63, 3.8) is 0 Å². The van der Waals surface area contributed by atoms with Crippen molar-refractivity contribution in [3.8, 4) is 18.1 Å². The second-order valence-electron chi connectivity index (χ2n) is 9.21. The molecule has 0 fully saturated rings. The van der Waals surface area contributed by atoms with E-state index in [1.165, 1.54) is 17.5 Å². The van der Waals surface area contributed by atoms with E-state index >= 15 is 0 Å². The van der Waals surface area contributed by atoms with Crippen molar-refractivity contribution in [2.45, 2.75) is 73.6 Å². The number of hydrogen-bond donors (Lipinski definition) is 1. The molecule has 0 aliphatic carbocycles. The normalized spacial score (nSPS) is 12.0. The van der Waals surface area contributed by atoms with Crippen LogP contribution in [-0.4, -0.2) is 5.11 Å². The molecule has 0 saturated heterocycles. The molecule has 156 valence electrons. The molecule has 1 nitrogen and oxygen atoms in total. The Balaban J connectivity index is 0.000000749. The van der Waals surface area contributed by atoms with E-state index in [1.54, 1.807) is 6.07 Å². The number of terminal acetylenes is 1. The lowest BCUT2D eigenvalue weighted by Crippen LogP contribution is -2.11. The van der Waals surface area contributed by atoms with Gasteiger partial charge in [-0.2, -0.15) is 0 Å². The summed E-state index contributed by atoms with van der Waals surface area (Å²) < 4.78 is 0. The van der Waals surface area contributed by atoms with Gasteiger partial charge in [0.1, 0.15) is 5.75 Å². The molecule has 2 aromatic carbocycles. The monoisotopic (exact) mass is 390 g/mol. The topological polar surface area (TPSA) is 20.2 Å². The molecule has 0 spiro atoms. The molecule has 1 heteroatoms. The lowest BCUT2D eigenvalue weighted by atomic mass is 9.85. The number of phenols is 1. The molecule has 1 N–H and O–H groups in total. The van der Waals surface area contributed by atoms with Gasteiger partial charge in [0.15, 0.2) is 0 Å². The van der Waals surface area contributed by atoms with Gasteiger partial charge in [0, 0.05) is 5.57 Å². The van der Waals surface area contributed by atoms with Crippen molar-refractivity contribution in [2.24, 2.45) is 5.92 Å². The summed E-state index contributed by atoms with van der Waals surface area (Å²) in [5, 5.41) is 10.1. The van der Waals surface area contributed by atoms with Crippen LogP contribution in [-0.2, 0) is 11.8 Å². The molecule has 0 aromatic heterocycles. The molecule has 0 unspecified atom stereocenters. The second-order valence-corrected chi connectivity index (χ2v) is 9.21. The molecule has 0 heterocycles. The van der Waals surface area contributed by atoms with Crippen molar-refractivity contribution in [1.82, 2.24) is 0 Å². The molecule has 2 rings (SSSR count). The predicted molar refractivity (Wildman–Crippen MR) is 128 cm³/mol. The maximum absolute atomic E-state index is 10.1. The molecule has 29 heavy (non-hydrogen) atoms. The highest BCUT2D eigenvalue weighted by atomic mass is 16.3. The average molecular weight is 391 g/mol. The Hall–Kier alpha value is -2.46. The summed E-state index contributed by atoms with van der Waals surface area (Å²) in [6.07, 6.45) is 7.59. The number of rotatable bonds is 4. The molecule has 0 amide bonds. The average Bonchev–Trinajstić information content (AvgIpc) is 2.66. The fraction of sp³-hybridized carbons (Fsp3) is 0.429. The smallest absolute Gasteiger partial charge is 0.116 e. The lowest BCUT2D eigenvalue weighted by Gasteiger charge is -2.20. The summed E-state index contributed by atoms with van der Waals surface area (Å²) in [4.78, 5) is 0. The minimum atomic E-state index is 0.128. The third-order valence-corrected chi connectivity index (χ3v) is 5.21. The Labute approximate surface area is 178 Å². The molecule has 0 aliphatic rings. The maximum atomic E-state index is 10.1. The summed E-state index contributed by atoms with van der Waals surface area (Å²) in [7, 11) is 0. The molecule has 0 radical (unpaired) electrons.